The maximum absolute atomic E-state index is 12.3. The number of hydrogen-bond acceptors (Lipinski definition) is 4. The third-order valence-corrected chi connectivity index (χ3v) is 4.72. The van der Waals surface area contributed by atoms with Gasteiger partial charge in [0.15, 0.2) is 0 Å². The van der Waals surface area contributed by atoms with Crippen LogP contribution < -0.4 is 9.62 Å². The van der Waals surface area contributed by atoms with Crippen LogP contribution in [0.1, 0.15) is 26.7 Å². The van der Waals surface area contributed by atoms with Gasteiger partial charge >= 0.3 is 5.97 Å². The van der Waals surface area contributed by atoms with Crippen LogP contribution in [-0.2, 0) is 14.8 Å². The van der Waals surface area contributed by atoms with Crippen LogP contribution in [0.2, 0.25) is 0 Å². The normalized spacial score (nSPS) is 12.9. The van der Waals surface area contributed by atoms with Crippen molar-refractivity contribution in [2.24, 2.45) is 0 Å². The second kappa shape index (κ2) is 7.42. The van der Waals surface area contributed by atoms with Crippen molar-refractivity contribution in [3.63, 3.8) is 0 Å². The molecule has 0 aliphatic rings. The van der Waals surface area contributed by atoms with Crippen LogP contribution in [0.5, 0.6) is 0 Å². The summed E-state index contributed by atoms with van der Waals surface area (Å²) in [5.74, 6) is -0.978. The summed E-state index contributed by atoms with van der Waals surface area (Å²) in [6.07, 6.45) is 1.06. The highest BCUT2D eigenvalue weighted by Gasteiger charge is 2.26. The second-order valence-electron chi connectivity index (χ2n) is 4.74. The van der Waals surface area contributed by atoms with Gasteiger partial charge in [0, 0.05) is 13.6 Å². The van der Waals surface area contributed by atoms with Gasteiger partial charge in [0.2, 0.25) is 10.0 Å². The lowest BCUT2D eigenvalue weighted by Crippen LogP contribution is -2.39. The summed E-state index contributed by atoms with van der Waals surface area (Å²) in [6.45, 7) is 3.97. The maximum Gasteiger partial charge on any atom is 0.326 e. The molecule has 1 atom stereocenters. The Hall–Kier alpha value is -1.60. The van der Waals surface area contributed by atoms with Gasteiger partial charge in [-0.1, -0.05) is 26.0 Å². The predicted molar refractivity (Wildman–Crippen MR) is 82.0 cm³/mol. The number of carboxylic acid groups (broad SMARTS) is 1. The molecule has 2 N–H and O–H groups in total. The molecule has 0 amide bonds. The van der Waals surface area contributed by atoms with Crippen molar-refractivity contribution in [3.05, 3.63) is 24.3 Å². The Balaban J connectivity index is 3.24. The van der Waals surface area contributed by atoms with Gasteiger partial charge < -0.3 is 10.0 Å². The summed E-state index contributed by atoms with van der Waals surface area (Å²) in [5, 5.41) is 9.23. The fraction of sp³-hybridized carbons (Fsp3) is 0.500. The Kier molecular flexibility index (Phi) is 6.17. The number of rotatable bonds is 8. The molecule has 118 valence electrons. The summed E-state index contributed by atoms with van der Waals surface area (Å²) in [6, 6.07) is 5.65. The molecule has 0 saturated heterocycles. The minimum absolute atomic E-state index is 0.0978. The fourth-order valence-corrected chi connectivity index (χ4v) is 3.45. The van der Waals surface area contributed by atoms with Gasteiger partial charge in [-0.15, -0.1) is 0 Å². The Morgan fingerprint density at radius 1 is 1.33 bits per heavy atom. The average Bonchev–Trinajstić information content (AvgIpc) is 2.45. The van der Waals surface area contributed by atoms with Crippen LogP contribution in [0.15, 0.2) is 29.2 Å². The SMILES string of the molecule is CCCNS(=O)(=O)c1ccccc1N(C)C(CC)C(=O)O. The van der Waals surface area contributed by atoms with Crippen molar-refractivity contribution in [2.75, 3.05) is 18.5 Å². The Labute approximate surface area is 125 Å². The van der Waals surface area contributed by atoms with Crippen molar-refractivity contribution >= 4 is 21.7 Å². The van der Waals surface area contributed by atoms with E-state index in [2.05, 4.69) is 4.72 Å². The number of nitrogens with one attached hydrogen (secondary N) is 1. The van der Waals surface area contributed by atoms with E-state index in [1.54, 1.807) is 32.2 Å². The smallest absolute Gasteiger partial charge is 0.326 e. The molecule has 0 saturated carbocycles. The van der Waals surface area contributed by atoms with E-state index in [0.717, 1.165) is 0 Å². The largest absolute Gasteiger partial charge is 0.480 e. The highest BCUT2D eigenvalue weighted by molar-refractivity contribution is 7.89. The van der Waals surface area contributed by atoms with E-state index < -0.39 is 22.0 Å². The van der Waals surface area contributed by atoms with Crippen LogP contribution >= 0.6 is 0 Å². The third kappa shape index (κ3) is 4.18. The fourth-order valence-electron chi connectivity index (χ4n) is 2.07. The van der Waals surface area contributed by atoms with Gasteiger partial charge in [0.25, 0.3) is 0 Å². The van der Waals surface area contributed by atoms with E-state index >= 15 is 0 Å². The van der Waals surface area contributed by atoms with Crippen LogP contribution in [-0.4, -0.2) is 39.1 Å². The van der Waals surface area contributed by atoms with E-state index in [1.807, 2.05) is 6.92 Å². The molecule has 0 aliphatic heterocycles. The number of sulfonamides is 1. The second-order valence-corrected chi connectivity index (χ2v) is 6.47. The van der Waals surface area contributed by atoms with E-state index in [0.29, 0.717) is 25.1 Å². The topological polar surface area (TPSA) is 86.7 Å². The number of likely N-dealkylation sites (N-methyl/N-ethyl adjacent to an activating group) is 1. The minimum Gasteiger partial charge on any atom is -0.480 e. The quantitative estimate of drug-likeness (QED) is 0.762. The number of para-hydroxylation sites is 1. The summed E-state index contributed by atoms with van der Waals surface area (Å²) in [5.41, 5.74) is 0.385. The van der Waals surface area contributed by atoms with Crippen molar-refractivity contribution < 1.29 is 18.3 Å². The van der Waals surface area contributed by atoms with Gasteiger partial charge in [-0.2, -0.15) is 0 Å². The Morgan fingerprint density at radius 2 is 1.95 bits per heavy atom. The van der Waals surface area contributed by atoms with Gasteiger partial charge in [-0.05, 0) is 25.0 Å². The summed E-state index contributed by atoms with van der Waals surface area (Å²) in [4.78, 5) is 12.9. The van der Waals surface area contributed by atoms with Gasteiger partial charge in [-0.3, -0.25) is 0 Å². The van der Waals surface area contributed by atoms with Gasteiger partial charge in [0.1, 0.15) is 10.9 Å². The molecule has 6 nitrogen and oxygen atoms in total. The highest BCUT2D eigenvalue weighted by Crippen LogP contribution is 2.26. The molecular weight excluding hydrogens is 292 g/mol. The first kappa shape index (κ1) is 17.5. The molecule has 0 bridgehead atoms. The first-order valence-corrected chi connectivity index (χ1v) is 8.37. The lowest BCUT2D eigenvalue weighted by Gasteiger charge is -2.27. The molecule has 0 aliphatic carbocycles. The summed E-state index contributed by atoms with van der Waals surface area (Å²) >= 11 is 0. The van der Waals surface area contributed by atoms with Gasteiger partial charge in [0.05, 0.1) is 5.69 Å². The number of benzene rings is 1. The molecule has 1 unspecified atom stereocenters. The maximum atomic E-state index is 12.3. The van der Waals surface area contributed by atoms with E-state index in [-0.39, 0.29) is 4.90 Å². The predicted octanol–water partition coefficient (Wildman–Crippen LogP) is 1.67. The number of hydrogen-bond donors (Lipinski definition) is 2. The molecule has 1 rings (SSSR count). The van der Waals surface area contributed by atoms with Crippen LogP contribution in [0.25, 0.3) is 0 Å². The molecule has 0 fully saturated rings. The van der Waals surface area contributed by atoms with E-state index in [9.17, 15) is 18.3 Å². The number of nitrogens with zero attached hydrogens (tertiary/aromatic N) is 1. The van der Waals surface area contributed by atoms with Gasteiger partial charge in [-0.25, -0.2) is 17.9 Å². The molecule has 0 spiro atoms. The van der Waals surface area contributed by atoms with Crippen molar-refractivity contribution in [2.45, 2.75) is 37.6 Å². The van der Waals surface area contributed by atoms with Crippen molar-refractivity contribution in [1.29, 1.82) is 0 Å². The van der Waals surface area contributed by atoms with Crippen LogP contribution in [0.3, 0.4) is 0 Å². The van der Waals surface area contributed by atoms with E-state index in [4.69, 9.17) is 0 Å². The number of anilines is 1. The zero-order valence-corrected chi connectivity index (χ0v) is 13.4. The Bertz CT molecular complexity index is 586. The minimum atomic E-state index is -3.65. The lowest BCUT2D eigenvalue weighted by atomic mass is 10.2. The number of aliphatic carboxylic acids is 1. The molecule has 1 aromatic carbocycles. The third-order valence-electron chi connectivity index (χ3n) is 3.22. The molecule has 0 aromatic heterocycles. The average molecular weight is 314 g/mol. The number of carboxylic acids is 1. The molecule has 7 heteroatoms. The monoisotopic (exact) mass is 314 g/mol. The summed E-state index contributed by atoms with van der Waals surface area (Å²) < 4.78 is 27.1. The zero-order valence-electron chi connectivity index (χ0n) is 12.5. The first-order chi connectivity index (χ1) is 9.85. The molecule has 21 heavy (non-hydrogen) atoms. The van der Waals surface area contributed by atoms with Crippen LogP contribution in [0, 0.1) is 0 Å². The molecule has 0 heterocycles. The first-order valence-electron chi connectivity index (χ1n) is 6.89. The Morgan fingerprint density at radius 3 is 2.48 bits per heavy atom. The van der Waals surface area contributed by atoms with Crippen molar-refractivity contribution in [3.8, 4) is 0 Å². The molecule has 0 radical (unpaired) electrons. The summed E-state index contributed by atoms with van der Waals surface area (Å²) in [7, 11) is -2.06. The number of carbonyl (C=O) groups is 1. The highest BCUT2D eigenvalue weighted by atomic mass is 32.2. The molecule has 1 aromatic rings. The lowest BCUT2D eigenvalue weighted by molar-refractivity contribution is -0.138. The standard InChI is InChI=1S/C14H22N2O4S/c1-4-10-15-21(19,20)13-9-7-6-8-12(13)16(3)11(5-2)14(17)18/h6-9,11,15H,4-5,10H2,1-3H3,(H,17,18). The van der Waals surface area contributed by atoms with E-state index in [1.165, 1.54) is 11.0 Å². The zero-order chi connectivity index (χ0) is 16.0. The van der Waals surface area contributed by atoms with Crippen LogP contribution in [0.4, 0.5) is 5.69 Å². The van der Waals surface area contributed by atoms with Crippen molar-refractivity contribution in [1.82, 2.24) is 4.72 Å². The molecular formula is C14H22N2O4S.